The summed E-state index contributed by atoms with van der Waals surface area (Å²) in [6.07, 6.45) is 0. The van der Waals surface area contributed by atoms with Crippen molar-refractivity contribution in [2.75, 3.05) is 19.5 Å². The molecule has 8 nitrogen and oxygen atoms in total. The van der Waals surface area contributed by atoms with Crippen LogP contribution in [0.3, 0.4) is 0 Å². The van der Waals surface area contributed by atoms with Crippen molar-refractivity contribution in [1.29, 1.82) is 0 Å². The van der Waals surface area contributed by atoms with Crippen LogP contribution in [0.25, 0.3) is 11.3 Å². The minimum absolute atomic E-state index is 0.248. The average molecular weight is 393 g/mol. The van der Waals surface area contributed by atoms with Crippen LogP contribution in [-0.4, -0.2) is 35.9 Å². The van der Waals surface area contributed by atoms with Gasteiger partial charge in [0.25, 0.3) is 5.56 Å². The molecule has 29 heavy (non-hydrogen) atoms. The molecule has 0 bridgehead atoms. The number of nitrogens with one attached hydrogen (secondary N) is 1. The van der Waals surface area contributed by atoms with Gasteiger partial charge in [0.15, 0.2) is 0 Å². The number of carbonyl (C=O) groups excluding carboxylic acids is 2. The van der Waals surface area contributed by atoms with E-state index in [1.807, 2.05) is 12.1 Å². The van der Waals surface area contributed by atoms with Gasteiger partial charge in [-0.05, 0) is 54.6 Å². The molecule has 0 spiro atoms. The zero-order valence-electron chi connectivity index (χ0n) is 15.9. The summed E-state index contributed by atoms with van der Waals surface area (Å²) in [5, 5.41) is 6.94. The molecule has 1 amide bonds. The van der Waals surface area contributed by atoms with Crippen molar-refractivity contribution >= 4 is 17.6 Å². The molecule has 0 saturated carbocycles. The fourth-order valence-electron chi connectivity index (χ4n) is 2.62. The van der Waals surface area contributed by atoms with E-state index in [1.165, 1.54) is 25.3 Å². The summed E-state index contributed by atoms with van der Waals surface area (Å²) in [5.41, 5.74) is 1.82. The van der Waals surface area contributed by atoms with Crippen LogP contribution < -0.4 is 15.6 Å². The lowest BCUT2D eigenvalue weighted by atomic mass is 10.1. The van der Waals surface area contributed by atoms with Crippen LogP contribution in [0.15, 0.2) is 65.5 Å². The van der Waals surface area contributed by atoms with Crippen LogP contribution in [-0.2, 0) is 16.1 Å². The molecule has 0 aliphatic heterocycles. The van der Waals surface area contributed by atoms with Crippen molar-refractivity contribution in [3.8, 4) is 17.0 Å². The molecular formula is C21H19N3O5. The molecule has 3 aromatic rings. The van der Waals surface area contributed by atoms with Gasteiger partial charge in [-0.15, -0.1) is 0 Å². The lowest BCUT2D eigenvalue weighted by molar-refractivity contribution is -0.117. The Morgan fingerprint density at radius 1 is 0.966 bits per heavy atom. The molecule has 1 heterocycles. The molecule has 8 heteroatoms. The molecule has 148 valence electrons. The molecule has 2 aromatic carbocycles. The molecule has 0 saturated heterocycles. The Labute approximate surface area is 166 Å². The highest BCUT2D eigenvalue weighted by atomic mass is 16.5. The number of hydrogen-bond donors (Lipinski definition) is 1. The van der Waals surface area contributed by atoms with Gasteiger partial charge in [-0.3, -0.25) is 9.59 Å². The number of carbonyl (C=O) groups is 2. The molecular weight excluding hydrogens is 374 g/mol. The van der Waals surface area contributed by atoms with Crippen molar-refractivity contribution in [3.63, 3.8) is 0 Å². The largest absolute Gasteiger partial charge is 0.497 e. The standard InChI is InChI=1S/C21H19N3O5/c1-28-17-9-5-14(6-10-17)18-11-12-20(26)24(23-18)13-19(25)22-16-7-3-15(4-8-16)21(27)29-2/h3-12H,13H2,1-2H3,(H,22,25). The number of aromatic nitrogens is 2. The highest BCUT2D eigenvalue weighted by Gasteiger charge is 2.10. The van der Waals surface area contributed by atoms with Crippen LogP contribution >= 0.6 is 0 Å². The molecule has 0 unspecified atom stereocenters. The minimum Gasteiger partial charge on any atom is -0.497 e. The van der Waals surface area contributed by atoms with Crippen LogP contribution in [0.5, 0.6) is 5.75 Å². The predicted octanol–water partition coefficient (Wildman–Crippen LogP) is 2.34. The van der Waals surface area contributed by atoms with Crippen molar-refractivity contribution < 1.29 is 19.1 Å². The maximum atomic E-state index is 12.3. The Kier molecular flexibility index (Phi) is 6.03. The smallest absolute Gasteiger partial charge is 0.337 e. The number of esters is 1. The summed E-state index contributed by atoms with van der Waals surface area (Å²) in [4.78, 5) is 35.9. The SMILES string of the molecule is COC(=O)c1ccc(NC(=O)Cn2nc(-c3ccc(OC)cc3)ccc2=O)cc1. The predicted molar refractivity (Wildman–Crippen MR) is 107 cm³/mol. The van der Waals surface area contributed by atoms with Crippen LogP contribution in [0.4, 0.5) is 5.69 Å². The van der Waals surface area contributed by atoms with Crippen molar-refractivity contribution in [2.24, 2.45) is 0 Å². The van der Waals surface area contributed by atoms with Crippen LogP contribution in [0, 0.1) is 0 Å². The molecule has 0 aliphatic rings. The summed E-state index contributed by atoms with van der Waals surface area (Å²) in [6.45, 7) is -0.248. The molecule has 0 aliphatic carbocycles. The molecule has 1 N–H and O–H groups in total. The first-order valence-electron chi connectivity index (χ1n) is 8.71. The summed E-state index contributed by atoms with van der Waals surface area (Å²) >= 11 is 0. The van der Waals surface area contributed by atoms with Gasteiger partial charge in [0.05, 0.1) is 25.5 Å². The Balaban J connectivity index is 1.72. The summed E-state index contributed by atoms with van der Waals surface area (Å²) in [7, 11) is 2.87. The fourth-order valence-corrected chi connectivity index (χ4v) is 2.62. The van der Waals surface area contributed by atoms with Crippen LogP contribution in [0.1, 0.15) is 10.4 Å². The summed E-state index contributed by atoms with van der Waals surface area (Å²) in [5.74, 6) is -0.175. The number of nitrogens with zero attached hydrogens (tertiary/aromatic N) is 2. The third kappa shape index (κ3) is 4.86. The van der Waals surface area contributed by atoms with E-state index in [2.05, 4.69) is 15.2 Å². The number of methoxy groups -OCH3 is 2. The highest BCUT2D eigenvalue weighted by Crippen LogP contribution is 2.19. The second-order valence-electron chi connectivity index (χ2n) is 6.06. The maximum absolute atomic E-state index is 12.3. The Hall–Kier alpha value is -3.94. The average Bonchev–Trinajstić information content (AvgIpc) is 2.75. The second kappa shape index (κ2) is 8.83. The zero-order chi connectivity index (χ0) is 20.8. The van der Waals surface area contributed by atoms with E-state index in [0.29, 0.717) is 22.7 Å². The second-order valence-corrected chi connectivity index (χ2v) is 6.06. The lowest BCUT2D eigenvalue weighted by Gasteiger charge is -2.09. The number of amides is 1. The van der Waals surface area contributed by atoms with Gasteiger partial charge < -0.3 is 14.8 Å². The third-order valence-electron chi connectivity index (χ3n) is 4.14. The lowest BCUT2D eigenvalue weighted by Crippen LogP contribution is -2.29. The van der Waals surface area contributed by atoms with Gasteiger partial charge in [0, 0.05) is 17.3 Å². The van der Waals surface area contributed by atoms with Crippen molar-refractivity contribution in [2.45, 2.75) is 6.54 Å². The number of hydrogen-bond acceptors (Lipinski definition) is 6. The van der Waals surface area contributed by atoms with Gasteiger partial charge in [-0.1, -0.05) is 0 Å². The van der Waals surface area contributed by atoms with E-state index in [-0.39, 0.29) is 6.54 Å². The summed E-state index contributed by atoms with van der Waals surface area (Å²) in [6, 6.07) is 16.4. The Morgan fingerprint density at radius 3 is 2.28 bits per heavy atom. The van der Waals surface area contributed by atoms with Gasteiger partial charge in [-0.25, -0.2) is 9.48 Å². The van der Waals surface area contributed by atoms with Gasteiger partial charge in [-0.2, -0.15) is 5.10 Å². The van der Waals surface area contributed by atoms with Gasteiger partial charge >= 0.3 is 5.97 Å². The minimum atomic E-state index is -0.464. The zero-order valence-corrected chi connectivity index (χ0v) is 15.9. The highest BCUT2D eigenvalue weighted by molar-refractivity contribution is 5.92. The fraction of sp³-hybridized carbons (Fsp3) is 0.143. The Bertz CT molecular complexity index is 1070. The quantitative estimate of drug-likeness (QED) is 0.646. The number of rotatable bonds is 6. The van der Waals surface area contributed by atoms with E-state index < -0.39 is 17.4 Å². The van der Waals surface area contributed by atoms with Crippen molar-refractivity contribution in [1.82, 2.24) is 9.78 Å². The van der Waals surface area contributed by atoms with E-state index in [4.69, 9.17) is 4.74 Å². The van der Waals surface area contributed by atoms with E-state index >= 15 is 0 Å². The summed E-state index contributed by atoms with van der Waals surface area (Å²) < 4.78 is 10.9. The number of ether oxygens (including phenoxy) is 2. The first-order chi connectivity index (χ1) is 14.0. The van der Waals surface area contributed by atoms with E-state index in [0.717, 1.165) is 10.2 Å². The maximum Gasteiger partial charge on any atom is 0.337 e. The van der Waals surface area contributed by atoms with Crippen LogP contribution in [0.2, 0.25) is 0 Å². The van der Waals surface area contributed by atoms with Crippen molar-refractivity contribution in [3.05, 3.63) is 76.6 Å². The molecule has 1 aromatic heterocycles. The third-order valence-corrected chi connectivity index (χ3v) is 4.14. The number of benzene rings is 2. The van der Waals surface area contributed by atoms with E-state index in [1.54, 1.807) is 37.4 Å². The normalized spacial score (nSPS) is 10.3. The molecule has 0 fully saturated rings. The first-order valence-corrected chi connectivity index (χ1v) is 8.71. The number of anilines is 1. The molecule has 0 atom stereocenters. The monoisotopic (exact) mass is 393 g/mol. The van der Waals surface area contributed by atoms with Gasteiger partial charge in [0.1, 0.15) is 12.3 Å². The van der Waals surface area contributed by atoms with E-state index in [9.17, 15) is 14.4 Å². The first kappa shape index (κ1) is 19.8. The molecule has 3 rings (SSSR count). The molecule has 0 radical (unpaired) electrons. The Morgan fingerprint density at radius 2 is 1.66 bits per heavy atom. The topological polar surface area (TPSA) is 99.5 Å². The van der Waals surface area contributed by atoms with Gasteiger partial charge in [0.2, 0.25) is 5.91 Å².